The first kappa shape index (κ1) is 12.4. The third-order valence-electron chi connectivity index (χ3n) is 3.62. The highest BCUT2D eigenvalue weighted by atomic mass is 35.5. The van der Waals surface area contributed by atoms with Gasteiger partial charge in [0.2, 0.25) is 0 Å². The highest BCUT2D eigenvalue weighted by Gasteiger charge is 2.36. The molecule has 1 fully saturated rings. The van der Waals surface area contributed by atoms with E-state index < -0.39 is 0 Å². The third kappa shape index (κ3) is 1.95. The van der Waals surface area contributed by atoms with Gasteiger partial charge in [0.1, 0.15) is 5.15 Å². The molecule has 0 saturated heterocycles. The predicted octanol–water partition coefficient (Wildman–Crippen LogP) is 2.04. The smallest absolute Gasteiger partial charge is 0.297 e. The van der Waals surface area contributed by atoms with Crippen LogP contribution in [0.1, 0.15) is 45.1 Å². The van der Waals surface area contributed by atoms with Crippen LogP contribution in [-0.4, -0.2) is 9.55 Å². The van der Waals surface area contributed by atoms with Crippen molar-refractivity contribution in [2.75, 3.05) is 0 Å². The molecule has 0 bridgehead atoms. The minimum absolute atomic E-state index is 0.195. The van der Waals surface area contributed by atoms with Gasteiger partial charge in [-0.3, -0.25) is 14.3 Å². The fourth-order valence-electron chi connectivity index (χ4n) is 2.42. The van der Waals surface area contributed by atoms with E-state index in [-0.39, 0.29) is 21.9 Å². The average molecular weight is 257 g/mol. The molecule has 1 aromatic heterocycles. The Kier molecular flexibility index (Phi) is 3.17. The summed E-state index contributed by atoms with van der Waals surface area (Å²) in [5, 5.41) is 0.195. The zero-order valence-electron chi connectivity index (χ0n) is 10.2. The first-order valence-corrected chi connectivity index (χ1v) is 6.41. The highest BCUT2D eigenvalue weighted by Crippen LogP contribution is 2.36. The molecule has 0 unspecified atom stereocenters. The van der Waals surface area contributed by atoms with Crippen molar-refractivity contribution in [1.82, 2.24) is 9.55 Å². The Hall–Kier alpha value is -1.03. The molecule has 1 aliphatic rings. The molecule has 1 aromatic rings. The molecule has 5 heteroatoms. The summed E-state index contributed by atoms with van der Waals surface area (Å²) in [6, 6.07) is 0. The molecule has 0 spiro atoms. The minimum Gasteiger partial charge on any atom is -0.297 e. The van der Waals surface area contributed by atoms with Crippen LogP contribution in [0.4, 0.5) is 0 Å². The second-order valence-corrected chi connectivity index (χ2v) is 5.34. The van der Waals surface area contributed by atoms with Gasteiger partial charge in [0, 0.05) is 5.54 Å². The van der Waals surface area contributed by atoms with Crippen molar-refractivity contribution >= 4 is 11.6 Å². The lowest BCUT2D eigenvalue weighted by atomic mass is 9.78. The monoisotopic (exact) mass is 256 g/mol. The Morgan fingerprint density at radius 3 is 2.53 bits per heavy atom. The fourth-order valence-corrected chi connectivity index (χ4v) is 2.67. The van der Waals surface area contributed by atoms with Gasteiger partial charge in [-0.15, -0.1) is 0 Å². The van der Waals surface area contributed by atoms with Crippen LogP contribution in [0.3, 0.4) is 0 Å². The summed E-state index contributed by atoms with van der Waals surface area (Å²) in [6.07, 6.45) is 4.25. The molecule has 1 N–H and O–H groups in total. The van der Waals surface area contributed by atoms with Gasteiger partial charge in [-0.2, -0.15) is 0 Å². The van der Waals surface area contributed by atoms with Crippen LogP contribution in [-0.2, 0) is 12.0 Å². The summed E-state index contributed by atoms with van der Waals surface area (Å²) in [6.45, 7) is 3.94. The molecule has 4 nitrogen and oxygen atoms in total. The Morgan fingerprint density at radius 1 is 1.41 bits per heavy atom. The summed E-state index contributed by atoms with van der Waals surface area (Å²) in [4.78, 5) is 26.8. The van der Waals surface area contributed by atoms with E-state index in [9.17, 15) is 9.59 Å². The van der Waals surface area contributed by atoms with Crippen molar-refractivity contribution in [2.45, 2.75) is 51.5 Å². The molecule has 0 radical (unpaired) electrons. The molecule has 0 atom stereocenters. The summed E-state index contributed by atoms with van der Waals surface area (Å²) in [5.74, 6) is 0. The summed E-state index contributed by atoms with van der Waals surface area (Å²) < 4.78 is 1.35. The number of nitrogens with one attached hydrogen (secondary N) is 1. The van der Waals surface area contributed by atoms with Gasteiger partial charge in [-0.05, 0) is 32.6 Å². The summed E-state index contributed by atoms with van der Waals surface area (Å²) in [5.41, 5.74) is -0.399. The molecule has 0 aromatic carbocycles. The largest absolute Gasteiger partial charge is 0.330 e. The van der Waals surface area contributed by atoms with Crippen molar-refractivity contribution in [3.05, 3.63) is 31.6 Å². The molecule has 1 saturated carbocycles. The van der Waals surface area contributed by atoms with E-state index in [2.05, 4.69) is 4.98 Å². The van der Waals surface area contributed by atoms with Crippen molar-refractivity contribution < 1.29 is 0 Å². The van der Waals surface area contributed by atoms with Crippen molar-refractivity contribution in [3.63, 3.8) is 0 Å². The standard InChI is InChI=1S/C12H17ClN2O2/c1-3-5-8-9(13)14-11(17)15(10(8)16)12(2)6-4-7-12/h3-7H2,1-2H3,(H,14,17). The molecule has 1 aliphatic carbocycles. The van der Waals surface area contributed by atoms with Crippen LogP contribution < -0.4 is 11.2 Å². The maximum Gasteiger partial charge on any atom is 0.330 e. The Bertz CT molecular complexity index is 540. The molecule has 0 amide bonds. The average Bonchev–Trinajstić information content (AvgIpc) is 2.21. The topological polar surface area (TPSA) is 54.9 Å². The lowest BCUT2D eigenvalue weighted by molar-refractivity contribution is 0.155. The predicted molar refractivity (Wildman–Crippen MR) is 67.8 cm³/mol. The van der Waals surface area contributed by atoms with Crippen molar-refractivity contribution in [1.29, 1.82) is 0 Å². The quantitative estimate of drug-likeness (QED) is 0.842. The Balaban J connectivity index is 2.63. The van der Waals surface area contributed by atoms with Crippen LogP contribution >= 0.6 is 11.6 Å². The molecular formula is C12H17ClN2O2. The number of aromatic nitrogens is 2. The van der Waals surface area contributed by atoms with E-state index in [0.29, 0.717) is 12.0 Å². The number of H-pyrrole nitrogens is 1. The third-order valence-corrected chi connectivity index (χ3v) is 3.94. The van der Waals surface area contributed by atoms with E-state index >= 15 is 0 Å². The van der Waals surface area contributed by atoms with Crippen LogP contribution in [0.5, 0.6) is 0 Å². The van der Waals surface area contributed by atoms with E-state index in [0.717, 1.165) is 25.7 Å². The Labute approximate surface area is 105 Å². The minimum atomic E-state index is -0.387. The van der Waals surface area contributed by atoms with Crippen LogP contribution in [0, 0.1) is 0 Å². The van der Waals surface area contributed by atoms with Crippen molar-refractivity contribution in [2.24, 2.45) is 0 Å². The molecule has 94 valence electrons. The summed E-state index contributed by atoms with van der Waals surface area (Å²) in [7, 11) is 0. The lowest BCUT2D eigenvalue weighted by Gasteiger charge is -2.39. The molecular weight excluding hydrogens is 240 g/mol. The first-order chi connectivity index (χ1) is 7.99. The van der Waals surface area contributed by atoms with Gasteiger partial charge >= 0.3 is 5.69 Å². The van der Waals surface area contributed by atoms with Gasteiger partial charge in [0.15, 0.2) is 0 Å². The van der Waals surface area contributed by atoms with Gasteiger partial charge in [-0.25, -0.2) is 4.79 Å². The fraction of sp³-hybridized carbons (Fsp3) is 0.667. The number of nitrogens with zero attached hydrogens (tertiary/aromatic N) is 1. The molecule has 0 aliphatic heterocycles. The normalized spacial score (nSPS) is 17.8. The van der Waals surface area contributed by atoms with E-state index in [1.54, 1.807) is 0 Å². The zero-order valence-corrected chi connectivity index (χ0v) is 10.9. The summed E-state index contributed by atoms with van der Waals surface area (Å²) >= 11 is 5.93. The lowest BCUT2D eigenvalue weighted by Crippen LogP contribution is -2.52. The molecule has 17 heavy (non-hydrogen) atoms. The second kappa shape index (κ2) is 4.33. The van der Waals surface area contributed by atoms with E-state index in [1.165, 1.54) is 4.57 Å². The Morgan fingerprint density at radius 2 is 2.06 bits per heavy atom. The number of hydrogen-bond acceptors (Lipinski definition) is 2. The molecule has 2 rings (SSSR count). The number of halogens is 1. The van der Waals surface area contributed by atoms with Gasteiger partial charge in [0.05, 0.1) is 5.56 Å². The van der Waals surface area contributed by atoms with Crippen LogP contribution in [0.2, 0.25) is 5.15 Å². The number of hydrogen-bond donors (Lipinski definition) is 1. The van der Waals surface area contributed by atoms with E-state index in [4.69, 9.17) is 11.6 Å². The first-order valence-electron chi connectivity index (χ1n) is 6.04. The van der Waals surface area contributed by atoms with Crippen LogP contribution in [0.25, 0.3) is 0 Å². The van der Waals surface area contributed by atoms with Crippen LogP contribution in [0.15, 0.2) is 9.59 Å². The van der Waals surface area contributed by atoms with Crippen molar-refractivity contribution in [3.8, 4) is 0 Å². The number of rotatable bonds is 3. The van der Waals surface area contributed by atoms with Gasteiger partial charge < -0.3 is 0 Å². The maximum atomic E-state index is 12.3. The second-order valence-electron chi connectivity index (χ2n) is 4.96. The van der Waals surface area contributed by atoms with Gasteiger partial charge in [0.25, 0.3) is 5.56 Å². The molecule has 1 heterocycles. The van der Waals surface area contributed by atoms with E-state index in [1.807, 2.05) is 13.8 Å². The zero-order chi connectivity index (χ0) is 12.6. The van der Waals surface area contributed by atoms with Gasteiger partial charge in [-0.1, -0.05) is 24.9 Å². The highest BCUT2D eigenvalue weighted by molar-refractivity contribution is 6.30. The maximum absolute atomic E-state index is 12.3. The SMILES string of the molecule is CCCc1c(Cl)[nH]c(=O)n(C2(C)CCC2)c1=O. The number of aromatic amines is 1.